The number of amidine groups is 1. The Labute approximate surface area is 171 Å². The van der Waals surface area contributed by atoms with Gasteiger partial charge in [0.2, 0.25) is 11.8 Å². The number of ether oxygens (including phenoxy) is 1. The van der Waals surface area contributed by atoms with Crippen LogP contribution in [0, 0.1) is 0 Å². The van der Waals surface area contributed by atoms with Gasteiger partial charge in [0, 0.05) is 25.2 Å². The number of amides is 2. The van der Waals surface area contributed by atoms with E-state index in [9.17, 15) is 19.5 Å². The molecule has 0 radical (unpaired) electrons. The number of carboxylic acids is 1. The molecule has 9 heteroatoms. The highest BCUT2D eigenvalue weighted by Gasteiger charge is 2.34. The van der Waals surface area contributed by atoms with Gasteiger partial charge in [0.05, 0.1) is 18.8 Å². The average molecular weight is 412 g/mol. The van der Waals surface area contributed by atoms with Crippen LogP contribution in [-0.4, -0.2) is 47.3 Å². The molecule has 0 aliphatic carbocycles. The number of thioether (sulfide) groups is 1. The first-order valence-electron chi connectivity index (χ1n) is 8.65. The van der Waals surface area contributed by atoms with Gasteiger partial charge in [-0.2, -0.15) is 0 Å². The number of carbonyl (C=O) groups is 3. The fourth-order valence-corrected chi connectivity index (χ4v) is 3.67. The van der Waals surface area contributed by atoms with Crippen molar-refractivity contribution in [1.29, 1.82) is 0 Å². The SMILES string of the molecule is COc1cccc(N=C2S[C@H](C(=O)Nc3ccc(C(=O)[O-])cc3)CC(=O)N2C)c1. The summed E-state index contributed by atoms with van der Waals surface area (Å²) in [6.07, 6.45) is 0.0290. The van der Waals surface area contributed by atoms with E-state index in [2.05, 4.69) is 10.3 Å². The number of carbonyl (C=O) groups excluding carboxylic acids is 3. The molecule has 29 heavy (non-hydrogen) atoms. The predicted octanol–water partition coefficient (Wildman–Crippen LogP) is 1.65. The van der Waals surface area contributed by atoms with E-state index in [-0.39, 0.29) is 23.8 Å². The molecule has 150 valence electrons. The summed E-state index contributed by atoms with van der Waals surface area (Å²) >= 11 is 1.19. The van der Waals surface area contributed by atoms with E-state index >= 15 is 0 Å². The Bertz CT molecular complexity index is 974. The zero-order valence-corrected chi connectivity index (χ0v) is 16.6. The van der Waals surface area contributed by atoms with Gasteiger partial charge < -0.3 is 20.0 Å². The molecule has 1 aliphatic heterocycles. The molecule has 0 bridgehead atoms. The van der Waals surface area contributed by atoms with Crippen LogP contribution < -0.4 is 15.2 Å². The number of nitrogens with one attached hydrogen (secondary N) is 1. The lowest BCUT2D eigenvalue weighted by Crippen LogP contribution is -2.43. The minimum absolute atomic E-state index is 0.0135. The van der Waals surface area contributed by atoms with Crippen LogP contribution in [-0.2, 0) is 9.59 Å². The summed E-state index contributed by atoms with van der Waals surface area (Å²) in [5, 5.41) is 13.2. The van der Waals surface area contributed by atoms with E-state index < -0.39 is 11.2 Å². The second kappa shape index (κ2) is 8.78. The smallest absolute Gasteiger partial charge is 0.238 e. The molecule has 3 rings (SSSR count). The minimum atomic E-state index is -1.29. The van der Waals surface area contributed by atoms with Crippen molar-refractivity contribution in [3.63, 3.8) is 0 Å². The normalized spacial score (nSPS) is 17.9. The monoisotopic (exact) mass is 412 g/mol. The fraction of sp³-hybridized carbons (Fsp3) is 0.200. The third-order valence-electron chi connectivity index (χ3n) is 4.23. The molecule has 1 aliphatic rings. The van der Waals surface area contributed by atoms with Crippen LogP contribution in [0.25, 0.3) is 0 Å². The molecule has 2 aromatic carbocycles. The first-order valence-corrected chi connectivity index (χ1v) is 9.53. The van der Waals surface area contributed by atoms with E-state index in [0.29, 0.717) is 22.3 Å². The zero-order valence-electron chi connectivity index (χ0n) is 15.7. The minimum Gasteiger partial charge on any atom is -0.545 e. The molecule has 0 unspecified atom stereocenters. The van der Waals surface area contributed by atoms with Gasteiger partial charge in [-0.1, -0.05) is 30.0 Å². The van der Waals surface area contributed by atoms with E-state index in [1.165, 1.54) is 40.9 Å². The molecule has 1 atom stereocenters. The lowest BCUT2D eigenvalue weighted by atomic mass is 10.2. The summed E-state index contributed by atoms with van der Waals surface area (Å²) in [6.45, 7) is 0. The highest BCUT2D eigenvalue weighted by Crippen LogP contribution is 2.30. The van der Waals surface area contributed by atoms with Gasteiger partial charge in [-0.25, -0.2) is 4.99 Å². The second-order valence-corrected chi connectivity index (χ2v) is 7.38. The summed E-state index contributed by atoms with van der Waals surface area (Å²) in [6, 6.07) is 12.7. The molecule has 1 fully saturated rings. The fourth-order valence-electron chi connectivity index (χ4n) is 2.60. The lowest BCUT2D eigenvalue weighted by Gasteiger charge is -2.28. The molecule has 0 saturated carbocycles. The number of hydrogen-bond acceptors (Lipinski definition) is 7. The predicted molar refractivity (Wildman–Crippen MR) is 108 cm³/mol. The number of aromatic carboxylic acids is 1. The molecule has 1 heterocycles. The number of methoxy groups -OCH3 is 1. The van der Waals surface area contributed by atoms with Gasteiger partial charge in [0.1, 0.15) is 11.0 Å². The third-order valence-corrected chi connectivity index (χ3v) is 5.47. The quantitative estimate of drug-likeness (QED) is 0.799. The van der Waals surface area contributed by atoms with Crippen LogP contribution in [0.15, 0.2) is 53.5 Å². The number of benzene rings is 2. The van der Waals surface area contributed by atoms with Crippen molar-refractivity contribution in [2.24, 2.45) is 4.99 Å². The van der Waals surface area contributed by atoms with Gasteiger partial charge in [0.15, 0.2) is 5.17 Å². The summed E-state index contributed by atoms with van der Waals surface area (Å²) in [7, 11) is 3.16. The molecule has 8 nitrogen and oxygen atoms in total. The van der Waals surface area contributed by atoms with Gasteiger partial charge in [-0.05, 0) is 29.8 Å². The summed E-state index contributed by atoms with van der Waals surface area (Å²) in [5.74, 6) is -1.25. The van der Waals surface area contributed by atoms with Crippen LogP contribution in [0.2, 0.25) is 0 Å². The zero-order chi connectivity index (χ0) is 21.0. The van der Waals surface area contributed by atoms with Crippen LogP contribution in [0.1, 0.15) is 16.8 Å². The molecular formula is C20H18N3O5S-. The Morgan fingerprint density at radius 2 is 1.97 bits per heavy atom. The van der Waals surface area contributed by atoms with Gasteiger partial charge >= 0.3 is 0 Å². The Balaban J connectivity index is 1.75. The summed E-state index contributed by atoms with van der Waals surface area (Å²) in [4.78, 5) is 41.7. The van der Waals surface area contributed by atoms with Crippen LogP contribution in [0.3, 0.4) is 0 Å². The van der Waals surface area contributed by atoms with Crippen LogP contribution >= 0.6 is 11.8 Å². The van der Waals surface area contributed by atoms with E-state index in [1.807, 2.05) is 0 Å². The molecule has 2 aromatic rings. The van der Waals surface area contributed by atoms with Crippen molar-refractivity contribution in [3.8, 4) is 5.75 Å². The molecule has 0 aromatic heterocycles. The Morgan fingerprint density at radius 1 is 1.24 bits per heavy atom. The van der Waals surface area contributed by atoms with Crippen LogP contribution in [0.4, 0.5) is 11.4 Å². The topological polar surface area (TPSA) is 111 Å². The summed E-state index contributed by atoms with van der Waals surface area (Å²) < 4.78 is 5.18. The largest absolute Gasteiger partial charge is 0.545 e. The average Bonchev–Trinajstić information content (AvgIpc) is 2.71. The maximum Gasteiger partial charge on any atom is 0.238 e. The number of anilines is 1. The number of carboxylic acid groups (broad SMARTS) is 1. The Hall–Kier alpha value is -3.33. The highest BCUT2D eigenvalue weighted by atomic mass is 32.2. The Kier molecular flexibility index (Phi) is 6.18. The standard InChI is InChI=1S/C20H19N3O5S/c1-23-17(24)11-16(18(25)21-13-8-6-12(7-9-13)19(26)27)29-20(23)22-14-4-3-5-15(10-14)28-2/h3-10,16H,11H2,1-2H3,(H,21,25)(H,26,27)/p-1/t16-/m0/s1. The van der Waals surface area contributed by atoms with E-state index in [0.717, 1.165) is 0 Å². The first kappa shape index (κ1) is 20.4. The van der Waals surface area contributed by atoms with Crippen molar-refractivity contribution < 1.29 is 24.2 Å². The molecule has 2 amide bonds. The van der Waals surface area contributed by atoms with Gasteiger partial charge in [-0.3, -0.25) is 14.5 Å². The van der Waals surface area contributed by atoms with Gasteiger partial charge in [0.25, 0.3) is 0 Å². The van der Waals surface area contributed by atoms with Crippen molar-refractivity contribution >= 4 is 46.1 Å². The number of aliphatic imine (C=N–C) groups is 1. The maximum atomic E-state index is 12.6. The van der Waals surface area contributed by atoms with Crippen molar-refractivity contribution in [1.82, 2.24) is 4.90 Å². The second-order valence-electron chi connectivity index (χ2n) is 6.21. The van der Waals surface area contributed by atoms with Crippen molar-refractivity contribution in [2.45, 2.75) is 11.7 Å². The first-order chi connectivity index (χ1) is 13.9. The molecule has 1 saturated heterocycles. The molecule has 0 spiro atoms. The molecular weight excluding hydrogens is 394 g/mol. The Morgan fingerprint density at radius 3 is 2.62 bits per heavy atom. The number of hydrogen-bond donors (Lipinski definition) is 1. The number of nitrogens with zero attached hydrogens (tertiary/aromatic N) is 2. The highest BCUT2D eigenvalue weighted by molar-refractivity contribution is 8.15. The number of rotatable bonds is 5. The third kappa shape index (κ3) is 4.94. The van der Waals surface area contributed by atoms with Crippen molar-refractivity contribution in [3.05, 3.63) is 54.1 Å². The molecule has 1 N–H and O–H groups in total. The van der Waals surface area contributed by atoms with E-state index in [1.54, 1.807) is 38.4 Å². The van der Waals surface area contributed by atoms with Gasteiger partial charge in [-0.15, -0.1) is 0 Å². The summed E-state index contributed by atoms with van der Waals surface area (Å²) in [5.41, 5.74) is 1.04. The lowest BCUT2D eigenvalue weighted by molar-refractivity contribution is -0.255. The van der Waals surface area contributed by atoms with Crippen LogP contribution in [0.5, 0.6) is 5.75 Å². The van der Waals surface area contributed by atoms with E-state index in [4.69, 9.17) is 4.74 Å². The maximum absolute atomic E-state index is 12.6. The van der Waals surface area contributed by atoms with Crippen molar-refractivity contribution in [2.75, 3.05) is 19.5 Å².